The number of nitrogens with two attached hydrogens (primary N) is 1. The van der Waals surface area contributed by atoms with Crippen LogP contribution in [0.4, 0.5) is 8.78 Å². The summed E-state index contributed by atoms with van der Waals surface area (Å²) in [5, 5.41) is -0.162. The van der Waals surface area contributed by atoms with Gasteiger partial charge < -0.3 is 5.73 Å². The third-order valence-electron chi connectivity index (χ3n) is 1.41. The van der Waals surface area contributed by atoms with Gasteiger partial charge in [-0.3, -0.25) is 9.78 Å². The van der Waals surface area contributed by atoms with Gasteiger partial charge in [-0.1, -0.05) is 11.6 Å². The lowest BCUT2D eigenvalue weighted by Gasteiger charge is -2.05. The number of nitrogens with zero attached hydrogens (tertiary/aromatic N) is 1. The van der Waals surface area contributed by atoms with Gasteiger partial charge in [-0.2, -0.15) is 0 Å². The smallest absolute Gasteiger partial charge is 0.266 e. The minimum Gasteiger partial charge on any atom is -0.366 e. The zero-order chi connectivity index (χ0) is 10.0. The molecule has 1 rings (SSSR count). The topological polar surface area (TPSA) is 56.0 Å². The average Bonchev–Trinajstić information content (AvgIpc) is 2.02. The molecular formula is C7H5ClF2N2O. The lowest BCUT2D eigenvalue weighted by molar-refractivity contribution is 0.0986. The van der Waals surface area contributed by atoms with Crippen molar-refractivity contribution in [1.29, 1.82) is 0 Å². The molecule has 0 atom stereocenters. The fourth-order valence-corrected chi connectivity index (χ4v) is 1.13. The lowest BCUT2D eigenvalue weighted by Crippen LogP contribution is -2.15. The molecule has 0 aliphatic heterocycles. The Kier molecular flexibility index (Phi) is 2.77. The zero-order valence-electron chi connectivity index (χ0n) is 6.30. The van der Waals surface area contributed by atoms with Gasteiger partial charge in [0, 0.05) is 12.4 Å². The Labute approximate surface area is 77.5 Å². The van der Waals surface area contributed by atoms with Gasteiger partial charge in [-0.15, -0.1) is 0 Å². The molecule has 1 aromatic heterocycles. The number of hydrogen-bond acceptors (Lipinski definition) is 2. The molecule has 0 fully saturated rings. The largest absolute Gasteiger partial charge is 0.366 e. The van der Waals surface area contributed by atoms with E-state index in [1.165, 1.54) is 0 Å². The van der Waals surface area contributed by atoms with Crippen LogP contribution in [0.5, 0.6) is 0 Å². The van der Waals surface area contributed by atoms with Crippen molar-refractivity contribution in [2.45, 2.75) is 6.43 Å². The van der Waals surface area contributed by atoms with Crippen molar-refractivity contribution >= 4 is 17.5 Å². The Balaban J connectivity index is 3.34. The molecule has 0 aromatic carbocycles. The molecule has 13 heavy (non-hydrogen) atoms. The van der Waals surface area contributed by atoms with E-state index in [0.29, 0.717) is 0 Å². The van der Waals surface area contributed by atoms with Crippen molar-refractivity contribution < 1.29 is 13.6 Å². The van der Waals surface area contributed by atoms with Crippen LogP contribution in [0.25, 0.3) is 0 Å². The quantitative estimate of drug-likeness (QED) is 0.802. The molecule has 6 heteroatoms. The van der Waals surface area contributed by atoms with Crippen LogP contribution in [-0.2, 0) is 0 Å². The summed E-state index contributed by atoms with van der Waals surface area (Å²) < 4.78 is 24.5. The first-order chi connectivity index (χ1) is 6.04. The van der Waals surface area contributed by atoms with Gasteiger partial charge in [-0.05, 0) is 0 Å². The Morgan fingerprint density at radius 3 is 2.54 bits per heavy atom. The summed E-state index contributed by atoms with van der Waals surface area (Å²) in [4.78, 5) is 14.2. The normalized spacial score (nSPS) is 10.5. The second kappa shape index (κ2) is 3.66. The van der Waals surface area contributed by atoms with Crippen molar-refractivity contribution in [3.05, 3.63) is 28.5 Å². The number of pyridine rings is 1. The third kappa shape index (κ3) is 1.92. The number of carbonyl (C=O) groups excluding carboxylic acids is 1. The SMILES string of the molecule is NC(=O)c1c(Cl)cncc1C(F)F. The zero-order valence-corrected chi connectivity index (χ0v) is 7.05. The standard InChI is InChI=1S/C7H5ClF2N2O/c8-4-2-12-1-3(6(9)10)5(4)7(11)13/h1-2,6H,(H2,11,13). The Hall–Kier alpha value is -1.23. The van der Waals surface area contributed by atoms with E-state index in [-0.39, 0.29) is 10.6 Å². The van der Waals surface area contributed by atoms with Gasteiger partial charge in [0.15, 0.2) is 0 Å². The van der Waals surface area contributed by atoms with Crippen LogP contribution in [0.1, 0.15) is 22.3 Å². The number of hydrogen-bond donors (Lipinski definition) is 1. The van der Waals surface area contributed by atoms with Gasteiger partial charge in [0.05, 0.1) is 16.1 Å². The van der Waals surface area contributed by atoms with E-state index in [0.717, 1.165) is 12.4 Å². The molecule has 1 aromatic rings. The van der Waals surface area contributed by atoms with Gasteiger partial charge in [0.25, 0.3) is 12.3 Å². The van der Waals surface area contributed by atoms with E-state index in [4.69, 9.17) is 17.3 Å². The highest BCUT2D eigenvalue weighted by molar-refractivity contribution is 6.33. The summed E-state index contributed by atoms with van der Waals surface area (Å²) in [5.41, 5.74) is 3.96. The van der Waals surface area contributed by atoms with Crippen molar-refractivity contribution in [2.75, 3.05) is 0 Å². The van der Waals surface area contributed by atoms with Gasteiger partial charge >= 0.3 is 0 Å². The molecule has 70 valence electrons. The van der Waals surface area contributed by atoms with Gasteiger partial charge in [0.1, 0.15) is 0 Å². The molecule has 0 bridgehead atoms. The molecule has 0 saturated carbocycles. The van der Waals surface area contributed by atoms with Crippen molar-refractivity contribution in [3.63, 3.8) is 0 Å². The van der Waals surface area contributed by atoms with Crippen LogP contribution in [0.15, 0.2) is 12.4 Å². The fourth-order valence-electron chi connectivity index (χ4n) is 0.875. The molecule has 0 saturated heterocycles. The Morgan fingerprint density at radius 1 is 1.54 bits per heavy atom. The molecular weight excluding hydrogens is 202 g/mol. The van der Waals surface area contributed by atoms with Crippen molar-refractivity contribution in [1.82, 2.24) is 4.98 Å². The van der Waals surface area contributed by atoms with Gasteiger partial charge in [0.2, 0.25) is 0 Å². The molecule has 0 unspecified atom stereocenters. The first kappa shape index (κ1) is 9.85. The monoisotopic (exact) mass is 206 g/mol. The minimum absolute atomic E-state index is 0.162. The minimum atomic E-state index is -2.81. The number of amides is 1. The predicted octanol–water partition coefficient (Wildman–Crippen LogP) is 1.77. The summed E-state index contributed by atoms with van der Waals surface area (Å²) >= 11 is 5.47. The second-order valence-corrected chi connectivity index (χ2v) is 2.66. The average molecular weight is 207 g/mol. The second-order valence-electron chi connectivity index (χ2n) is 2.25. The van der Waals surface area contributed by atoms with Crippen LogP contribution in [0.2, 0.25) is 5.02 Å². The maximum Gasteiger partial charge on any atom is 0.266 e. The maximum atomic E-state index is 12.3. The molecule has 3 nitrogen and oxygen atoms in total. The highest BCUT2D eigenvalue weighted by Gasteiger charge is 2.19. The molecule has 0 spiro atoms. The summed E-state index contributed by atoms with van der Waals surface area (Å²) in [7, 11) is 0. The number of halogens is 3. The molecule has 0 aliphatic rings. The van der Waals surface area contributed by atoms with Crippen LogP contribution in [-0.4, -0.2) is 10.9 Å². The fraction of sp³-hybridized carbons (Fsp3) is 0.143. The Bertz CT molecular complexity index is 343. The number of alkyl halides is 2. The summed E-state index contributed by atoms with van der Waals surface area (Å²) in [6, 6.07) is 0. The number of rotatable bonds is 2. The van der Waals surface area contributed by atoms with Crippen molar-refractivity contribution in [3.8, 4) is 0 Å². The molecule has 0 aliphatic carbocycles. The Morgan fingerprint density at radius 2 is 2.15 bits per heavy atom. The van der Waals surface area contributed by atoms with Gasteiger partial charge in [-0.25, -0.2) is 8.78 Å². The van der Waals surface area contributed by atoms with Crippen LogP contribution < -0.4 is 5.73 Å². The van der Waals surface area contributed by atoms with E-state index >= 15 is 0 Å². The highest BCUT2D eigenvalue weighted by Crippen LogP contribution is 2.26. The maximum absolute atomic E-state index is 12.3. The highest BCUT2D eigenvalue weighted by atomic mass is 35.5. The van der Waals surface area contributed by atoms with E-state index in [9.17, 15) is 13.6 Å². The number of aromatic nitrogens is 1. The first-order valence-corrected chi connectivity index (χ1v) is 3.63. The van der Waals surface area contributed by atoms with Crippen LogP contribution in [0, 0.1) is 0 Å². The molecule has 1 heterocycles. The lowest BCUT2D eigenvalue weighted by atomic mass is 10.1. The number of carbonyl (C=O) groups is 1. The van der Waals surface area contributed by atoms with E-state index in [2.05, 4.69) is 4.98 Å². The third-order valence-corrected chi connectivity index (χ3v) is 1.70. The first-order valence-electron chi connectivity index (χ1n) is 3.25. The molecule has 2 N–H and O–H groups in total. The van der Waals surface area contributed by atoms with E-state index in [1.54, 1.807) is 0 Å². The van der Waals surface area contributed by atoms with Crippen LogP contribution in [0.3, 0.4) is 0 Å². The molecule has 0 radical (unpaired) electrons. The van der Waals surface area contributed by atoms with Crippen molar-refractivity contribution in [2.24, 2.45) is 5.73 Å². The predicted molar refractivity (Wildman–Crippen MR) is 42.7 cm³/mol. The summed E-state index contributed by atoms with van der Waals surface area (Å²) in [6.07, 6.45) is -0.849. The summed E-state index contributed by atoms with van der Waals surface area (Å²) in [5.74, 6) is -0.984. The summed E-state index contributed by atoms with van der Waals surface area (Å²) in [6.45, 7) is 0. The van der Waals surface area contributed by atoms with E-state index in [1.807, 2.05) is 0 Å². The molecule has 1 amide bonds. The van der Waals surface area contributed by atoms with Crippen LogP contribution >= 0.6 is 11.6 Å². The number of primary amides is 1. The van der Waals surface area contributed by atoms with E-state index < -0.39 is 17.9 Å².